The van der Waals surface area contributed by atoms with Crippen LogP contribution in [0, 0.1) is 5.92 Å². The minimum Gasteiger partial charge on any atom is -0.494 e. The van der Waals surface area contributed by atoms with E-state index in [1.165, 1.54) is 12.0 Å². The molecule has 0 radical (unpaired) electrons. The molecule has 1 aliphatic heterocycles. The van der Waals surface area contributed by atoms with Gasteiger partial charge in [0.25, 0.3) is 0 Å². The molecule has 0 spiro atoms. The second-order valence-corrected chi connectivity index (χ2v) is 4.31. The molecule has 1 aromatic rings. The van der Waals surface area contributed by atoms with Crippen molar-refractivity contribution in [2.75, 3.05) is 13.2 Å². The van der Waals surface area contributed by atoms with Gasteiger partial charge in [-0.1, -0.05) is 19.1 Å². The topological polar surface area (TPSA) is 21.3 Å². The maximum Gasteiger partial charge on any atom is 0.119 e. The Bertz CT molecular complexity index is 324. The summed E-state index contributed by atoms with van der Waals surface area (Å²) in [7, 11) is 0. The first-order chi connectivity index (χ1) is 7.29. The van der Waals surface area contributed by atoms with Crippen LogP contribution in [0.2, 0.25) is 0 Å². The smallest absolute Gasteiger partial charge is 0.119 e. The van der Waals surface area contributed by atoms with E-state index in [1.54, 1.807) is 0 Å². The van der Waals surface area contributed by atoms with Gasteiger partial charge in [0.2, 0.25) is 0 Å². The molecular weight excluding hydrogens is 186 g/mol. The number of rotatable bonds is 3. The Morgan fingerprint density at radius 3 is 3.00 bits per heavy atom. The Kier molecular flexibility index (Phi) is 3.27. The summed E-state index contributed by atoms with van der Waals surface area (Å²) in [6, 6.07) is 8.94. The predicted molar refractivity (Wildman–Crippen MR) is 62.1 cm³/mol. The van der Waals surface area contributed by atoms with Gasteiger partial charge in [0.05, 0.1) is 6.61 Å². The van der Waals surface area contributed by atoms with Crippen LogP contribution in [0.3, 0.4) is 0 Å². The average molecular weight is 205 g/mol. The molecule has 0 amide bonds. The van der Waals surface area contributed by atoms with Gasteiger partial charge in [0.1, 0.15) is 5.75 Å². The number of nitrogens with one attached hydrogen (secondary N) is 1. The third kappa shape index (κ3) is 2.51. The minimum atomic E-state index is 0.514. The number of hydrogen-bond donors (Lipinski definition) is 1. The van der Waals surface area contributed by atoms with Gasteiger partial charge in [0.15, 0.2) is 0 Å². The lowest BCUT2D eigenvalue weighted by Crippen LogP contribution is -2.13. The van der Waals surface area contributed by atoms with Crippen LogP contribution < -0.4 is 10.1 Å². The zero-order chi connectivity index (χ0) is 10.7. The molecule has 1 N–H and O–H groups in total. The van der Waals surface area contributed by atoms with E-state index in [0.717, 1.165) is 24.8 Å². The lowest BCUT2D eigenvalue weighted by atomic mass is 10.0. The van der Waals surface area contributed by atoms with Crippen LogP contribution in [0.25, 0.3) is 0 Å². The fraction of sp³-hybridized carbons (Fsp3) is 0.538. The molecule has 1 aliphatic rings. The molecule has 2 atom stereocenters. The molecule has 1 aromatic carbocycles. The summed E-state index contributed by atoms with van der Waals surface area (Å²) in [6.07, 6.45) is 1.23. The van der Waals surface area contributed by atoms with Crippen LogP contribution in [0.5, 0.6) is 5.75 Å². The van der Waals surface area contributed by atoms with Gasteiger partial charge in [-0.25, -0.2) is 0 Å². The summed E-state index contributed by atoms with van der Waals surface area (Å²) in [4.78, 5) is 0. The molecule has 15 heavy (non-hydrogen) atoms. The Morgan fingerprint density at radius 2 is 2.33 bits per heavy atom. The first-order valence-corrected chi connectivity index (χ1v) is 5.75. The highest BCUT2D eigenvalue weighted by Crippen LogP contribution is 2.28. The Morgan fingerprint density at radius 1 is 1.47 bits per heavy atom. The molecule has 2 heteroatoms. The first kappa shape index (κ1) is 10.5. The second kappa shape index (κ2) is 4.67. The van der Waals surface area contributed by atoms with Crippen molar-refractivity contribution in [2.45, 2.75) is 26.3 Å². The van der Waals surface area contributed by atoms with Gasteiger partial charge in [-0.05, 0) is 43.5 Å². The molecule has 0 aromatic heterocycles. The molecule has 0 aliphatic carbocycles. The lowest BCUT2D eigenvalue weighted by Gasteiger charge is -2.12. The second-order valence-electron chi connectivity index (χ2n) is 4.31. The largest absolute Gasteiger partial charge is 0.494 e. The van der Waals surface area contributed by atoms with E-state index in [9.17, 15) is 0 Å². The standard InChI is InChI=1S/C13H19NO/c1-3-15-12-6-4-5-11(8-12)13-7-10(2)9-14-13/h4-6,8,10,13-14H,3,7,9H2,1-2H3/t10-,13+/m1/s1. The molecule has 0 bridgehead atoms. The normalized spacial score (nSPS) is 25.5. The minimum absolute atomic E-state index is 0.514. The van der Waals surface area contributed by atoms with E-state index in [-0.39, 0.29) is 0 Å². The highest BCUT2D eigenvalue weighted by Gasteiger charge is 2.21. The quantitative estimate of drug-likeness (QED) is 0.819. The molecule has 2 nitrogen and oxygen atoms in total. The number of benzene rings is 1. The maximum absolute atomic E-state index is 5.51. The zero-order valence-electron chi connectivity index (χ0n) is 9.49. The molecular formula is C13H19NO. The van der Waals surface area contributed by atoms with E-state index >= 15 is 0 Å². The van der Waals surface area contributed by atoms with Crippen LogP contribution in [0.15, 0.2) is 24.3 Å². The van der Waals surface area contributed by atoms with Crippen molar-refractivity contribution in [3.8, 4) is 5.75 Å². The van der Waals surface area contributed by atoms with Crippen molar-refractivity contribution in [3.05, 3.63) is 29.8 Å². The Hall–Kier alpha value is -1.02. The van der Waals surface area contributed by atoms with Crippen molar-refractivity contribution in [1.82, 2.24) is 5.32 Å². The summed E-state index contributed by atoms with van der Waals surface area (Å²) in [6.45, 7) is 6.17. The fourth-order valence-corrected chi connectivity index (χ4v) is 2.15. The van der Waals surface area contributed by atoms with E-state index in [0.29, 0.717) is 6.04 Å². The van der Waals surface area contributed by atoms with Gasteiger partial charge < -0.3 is 10.1 Å². The van der Waals surface area contributed by atoms with Crippen LogP contribution in [0.4, 0.5) is 0 Å². The molecule has 0 unspecified atom stereocenters. The lowest BCUT2D eigenvalue weighted by molar-refractivity contribution is 0.339. The predicted octanol–water partition coefficient (Wildman–Crippen LogP) is 2.76. The molecule has 0 saturated carbocycles. The molecule has 1 heterocycles. The summed E-state index contributed by atoms with van der Waals surface area (Å²) in [5.41, 5.74) is 1.35. The van der Waals surface area contributed by atoms with Crippen LogP contribution in [0.1, 0.15) is 31.9 Å². The average Bonchev–Trinajstić information content (AvgIpc) is 2.66. The van der Waals surface area contributed by atoms with E-state index in [1.807, 2.05) is 13.0 Å². The van der Waals surface area contributed by atoms with Crippen molar-refractivity contribution in [2.24, 2.45) is 5.92 Å². The van der Waals surface area contributed by atoms with Crippen LogP contribution in [-0.2, 0) is 0 Å². The van der Waals surface area contributed by atoms with Crippen LogP contribution >= 0.6 is 0 Å². The highest BCUT2D eigenvalue weighted by molar-refractivity contribution is 5.31. The van der Waals surface area contributed by atoms with Gasteiger partial charge in [-0.2, -0.15) is 0 Å². The molecule has 1 saturated heterocycles. The molecule has 2 rings (SSSR count). The molecule has 82 valence electrons. The zero-order valence-corrected chi connectivity index (χ0v) is 9.49. The highest BCUT2D eigenvalue weighted by atomic mass is 16.5. The van der Waals surface area contributed by atoms with E-state index in [4.69, 9.17) is 4.74 Å². The first-order valence-electron chi connectivity index (χ1n) is 5.75. The summed E-state index contributed by atoms with van der Waals surface area (Å²) in [5.74, 6) is 1.77. The SMILES string of the molecule is CCOc1cccc([C@@H]2C[C@@H](C)CN2)c1. The van der Waals surface area contributed by atoms with Gasteiger partial charge in [-0.15, -0.1) is 0 Å². The maximum atomic E-state index is 5.51. The number of hydrogen-bond acceptors (Lipinski definition) is 2. The van der Waals surface area contributed by atoms with Crippen LogP contribution in [-0.4, -0.2) is 13.2 Å². The summed E-state index contributed by atoms with van der Waals surface area (Å²) in [5, 5.41) is 3.54. The van der Waals surface area contributed by atoms with Gasteiger partial charge in [-0.3, -0.25) is 0 Å². The fourth-order valence-electron chi connectivity index (χ4n) is 2.15. The van der Waals surface area contributed by atoms with Crippen molar-refractivity contribution in [3.63, 3.8) is 0 Å². The Labute approximate surface area is 91.6 Å². The third-order valence-electron chi connectivity index (χ3n) is 2.92. The summed E-state index contributed by atoms with van der Waals surface area (Å²) >= 11 is 0. The monoisotopic (exact) mass is 205 g/mol. The summed E-state index contributed by atoms with van der Waals surface area (Å²) < 4.78 is 5.51. The van der Waals surface area contributed by atoms with Gasteiger partial charge >= 0.3 is 0 Å². The van der Waals surface area contributed by atoms with E-state index < -0.39 is 0 Å². The van der Waals surface area contributed by atoms with Crippen molar-refractivity contribution < 1.29 is 4.74 Å². The number of ether oxygens (including phenoxy) is 1. The van der Waals surface area contributed by atoms with Crippen molar-refractivity contribution >= 4 is 0 Å². The molecule has 1 fully saturated rings. The van der Waals surface area contributed by atoms with Gasteiger partial charge in [0, 0.05) is 6.04 Å². The Balaban J connectivity index is 2.10. The van der Waals surface area contributed by atoms with Crippen molar-refractivity contribution in [1.29, 1.82) is 0 Å². The third-order valence-corrected chi connectivity index (χ3v) is 2.92. The van der Waals surface area contributed by atoms with E-state index in [2.05, 4.69) is 30.4 Å².